The Bertz CT molecular complexity index is 935. The van der Waals surface area contributed by atoms with Crippen LogP contribution in [0.2, 0.25) is 5.02 Å². The van der Waals surface area contributed by atoms with Gasteiger partial charge in [-0.25, -0.2) is 4.39 Å². The molecule has 2 aliphatic rings. The topological polar surface area (TPSA) is 36.0 Å². The van der Waals surface area contributed by atoms with E-state index in [0.29, 0.717) is 24.1 Å². The SMILES string of the molecule is COC(=O)CC[C@@H]1CN(Cc2cccc(Cl)c2)CC[C@@H]1N1CCN(c2ccccc2F)CC1. The number of carbonyl (C=O) groups is 1. The first-order valence-corrected chi connectivity index (χ1v) is 12.2. The van der Waals surface area contributed by atoms with Gasteiger partial charge in [0.2, 0.25) is 0 Å². The van der Waals surface area contributed by atoms with Crippen LogP contribution >= 0.6 is 11.6 Å². The molecule has 4 rings (SSSR count). The van der Waals surface area contributed by atoms with E-state index in [0.717, 1.165) is 63.7 Å². The maximum atomic E-state index is 14.2. The number of halogens is 2. The molecule has 0 unspecified atom stereocenters. The zero-order chi connectivity index (χ0) is 23.2. The third-order valence-electron chi connectivity index (χ3n) is 7.00. The Hall–Kier alpha value is -2.15. The van der Waals surface area contributed by atoms with Gasteiger partial charge in [-0.3, -0.25) is 14.6 Å². The highest BCUT2D eigenvalue weighted by molar-refractivity contribution is 6.30. The number of esters is 1. The molecule has 0 N–H and O–H groups in total. The molecule has 2 heterocycles. The van der Waals surface area contributed by atoms with E-state index in [9.17, 15) is 9.18 Å². The van der Waals surface area contributed by atoms with Crippen molar-refractivity contribution >= 4 is 23.3 Å². The molecular formula is C26H33ClFN3O2. The Morgan fingerprint density at radius 1 is 1.09 bits per heavy atom. The summed E-state index contributed by atoms with van der Waals surface area (Å²) in [6.45, 7) is 6.26. The number of para-hydroxylation sites is 1. The molecule has 0 aromatic heterocycles. The summed E-state index contributed by atoms with van der Waals surface area (Å²) in [5, 5.41) is 0.761. The van der Waals surface area contributed by atoms with Gasteiger partial charge in [0.25, 0.3) is 0 Å². The molecule has 0 radical (unpaired) electrons. The van der Waals surface area contributed by atoms with Crippen LogP contribution in [0.3, 0.4) is 0 Å². The number of benzene rings is 2. The van der Waals surface area contributed by atoms with Gasteiger partial charge in [-0.2, -0.15) is 0 Å². The average molecular weight is 474 g/mol. The van der Waals surface area contributed by atoms with Crippen LogP contribution in [-0.4, -0.2) is 68.2 Å². The predicted octanol–water partition coefficient (Wildman–Crippen LogP) is 4.45. The normalized spacial score (nSPS) is 22.3. The van der Waals surface area contributed by atoms with Crippen molar-refractivity contribution in [3.05, 3.63) is 64.9 Å². The molecule has 0 amide bonds. The van der Waals surface area contributed by atoms with Gasteiger partial charge in [-0.15, -0.1) is 0 Å². The maximum Gasteiger partial charge on any atom is 0.305 e. The van der Waals surface area contributed by atoms with Crippen molar-refractivity contribution in [1.29, 1.82) is 0 Å². The Morgan fingerprint density at radius 2 is 1.88 bits per heavy atom. The molecule has 2 fully saturated rings. The molecule has 2 aromatic rings. The largest absolute Gasteiger partial charge is 0.469 e. The second-order valence-corrected chi connectivity index (χ2v) is 9.51. The van der Waals surface area contributed by atoms with E-state index in [2.05, 4.69) is 20.8 Å². The first-order valence-electron chi connectivity index (χ1n) is 11.8. The molecular weight excluding hydrogens is 441 g/mol. The summed E-state index contributed by atoms with van der Waals surface area (Å²) in [6, 6.07) is 15.5. The molecule has 0 aliphatic carbocycles. The number of piperazine rings is 1. The van der Waals surface area contributed by atoms with Gasteiger partial charge in [0, 0.05) is 56.8 Å². The van der Waals surface area contributed by atoms with Crippen molar-refractivity contribution in [2.24, 2.45) is 5.92 Å². The van der Waals surface area contributed by atoms with Crippen LogP contribution in [0.5, 0.6) is 0 Å². The van der Waals surface area contributed by atoms with Crippen molar-refractivity contribution in [2.45, 2.75) is 31.8 Å². The van der Waals surface area contributed by atoms with E-state index in [1.54, 1.807) is 6.07 Å². The summed E-state index contributed by atoms with van der Waals surface area (Å²) < 4.78 is 19.1. The highest BCUT2D eigenvalue weighted by Crippen LogP contribution is 2.30. The van der Waals surface area contributed by atoms with Gasteiger partial charge in [-0.05, 0) is 55.1 Å². The van der Waals surface area contributed by atoms with Gasteiger partial charge >= 0.3 is 5.97 Å². The average Bonchev–Trinajstić information content (AvgIpc) is 2.83. The lowest BCUT2D eigenvalue weighted by molar-refractivity contribution is -0.141. The Balaban J connectivity index is 1.39. The number of rotatable bonds is 7. The summed E-state index contributed by atoms with van der Waals surface area (Å²) in [4.78, 5) is 19.0. The summed E-state index contributed by atoms with van der Waals surface area (Å²) >= 11 is 6.18. The number of carbonyl (C=O) groups excluding carboxylic acids is 1. The number of anilines is 1. The minimum atomic E-state index is -0.156. The number of piperidine rings is 1. The Kier molecular flexibility index (Phi) is 8.23. The van der Waals surface area contributed by atoms with E-state index in [4.69, 9.17) is 16.3 Å². The number of hydrogen-bond donors (Lipinski definition) is 0. The van der Waals surface area contributed by atoms with Crippen LogP contribution in [0.25, 0.3) is 0 Å². The number of hydrogen-bond acceptors (Lipinski definition) is 5. The molecule has 2 atom stereocenters. The zero-order valence-corrected chi connectivity index (χ0v) is 20.0. The Morgan fingerprint density at radius 3 is 2.61 bits per heavy atom. The van der Waals surface area contributed by atoms with Crippen LogP contribution < -0.4 is 4.90 Å². The lowest BCUT2D eigenvalue weighted by Crippen LogP contribution is -2.56. The second-order valence-electron chi connectivity index (χ2n) is 9.07. The highest BCUT2D eigenvalue weighted by Gasteiger charge is 2.35. The van der Waals surface area contributed by atoms with Gasteiger partial charge in [0.15, 0.2) is 0 Å². The van der Waals surface area contributed by atoms with Crippen LogP contribution in [-0.2, 0) is 16.1 Å². The fourth-order valence-electron chi connectivity index (χ4n) is 5.30. The quantitative estimate of drug-likeness (QED) is 0.555. The molecule has 5 nitrogen and oxygen atoms in total. The van der Waals surface area contributed by atoms with E-state index >= 15 is 0 Å². The smallest absolute Gasteiger partial charge is 0.305 e. The van der Waals surface area contributed by atoms with E-state index in [-0.39, 0.29) is 11.8 Å². The van der Waals surface area contributed by atoms with Crippen LogP contribution in [0.4, 0.5) is 10.1 Å². The van der Waals surface area contributed by atoms with Gasteiger partial charge in [0.05, 0.1) is 12.8 Å². The minimum Gasteiger partial charge on any atom is -0.469 e. The zero-order valence-electron chi connectivity index (χ0n) is 19.3. The van der Waals surface area contributed by atoms with E-state index in [1.165, 1.54) is 18.7 Å². The standard InChI is InChI=1S/C26H33ClFN3O2/c1-33-26(32)10-9-21-19-29(18-20-5-4-6-22(27)17-20)12-11-24(21)30-13-15-31(16-14-30)25-8-3-2-7-23(25)28/h2-8,17,21,24H,9-16,18-19H2,1H3/t21-,24+/m1/s1. The van der Waals surface area contributed by atoms with Gasteiger partial charge in [0.1, 0.15) is 5.82 Å². The fourth-order valence-corrected chi connectivity index (χ4v) is 5.52. The molecule has 0 saturated carbocycles. The highest BCUT2D eigenvalue weighted by atomic mass is 35.5. The number of methoxy groups -OCH3 is 1. The van der Waals surface area contributed by atoms with Crippen molar-refractivity contribution in [3.63, 3.8) is 0 Å². The lowest BCUT2D eigenvalue weighted by atomic mass is 9.86. The molecule has 33 heavy (non-hydrogen) atoms. The first-order chi connectivity index (χ1) is 16.0. The summed E-state index contributed by atoms with van der Waals surface area (Å²) in [5.74, 6) is 0.0818. The van der Waals surface area contributed by atoms with Crippen molar-refractivity contribution in [2.75, 3.05) is 51.3 Å². The predicted molar refractivity (Wildman–Crippen MR) is 130 cm³/mol. The van der Waals surface area contributed by atoms with Crippen molar-refractivity contribution in [1.82, 2.24) is 9.80 Å². The molecule has 2 saturated heterocycles. The van der Waals surface area contributed by atoms with Gasteiger partial charge < -0.3 is 9.64 Å². The van der Waals surface area contributed by atoms with Crippen molar-refractivity contribution < 1.29 is 13.9 Å². The third kappa shape index (κ3) is 6.25. The van der Waals surface area contributed by atoms with Gasteiger partial charge in [-0.1, -0.05) is 35.9 Å². The van der Waals surface area contributed by atoms with E-state index in [1.807, 2.05) is 30.3 Å². The summed E-state index contributed by atoms with van der Waals surface area (Å²) in [5.41, 5.74) is 1.90. The van der Waals surface area contributed by atoms with Crippen LogP contribution in [0.15, 0.2) is 48.5 Å². The fraction of sp³-hybridized carbons (Fsp3) is 0.500. The molecule has 0 bridgehead atoms. The molecule has 2 aliphatic heterocycles. The number of likely N-dealkylation sites (tertiary alicyclic amines) is 1. The second kappa shape index (κ2) is 11.3. The minimum absolute atomic E-state index is 0.148. The van der Waals surface area contributed by atoms with Crippen molar-refractivity contribution in [3.8, 4) is 0 Å². The number of nitrogens with zero attached hydrogens (tertiary/aromatic N) is 3. The molecule has 178 valence electrons. The molecule has 2 aromatic carbocycles. The van der Waals surface area contributed by atoms with Crippen LogP contribution in [0, 0.1) is 11.7 Å². The maximum absolute atomic E-state index is 14.2. The first kappa shape index (κ1) is 24.0. The number of ether oxygens (including phenoxy) is 1. The lowest BCUT2D eigenvalue weighted by Gasteiger charge is -2.47. The molecule has 0 spiro atoms. The molecule has 7 heteroatoms. The monoisotopic (exact) mass is 473 g/mol. The third-order valence-corrected chi connectivity index (χ3v) is 7.23. The summed E-state index contributed by atoms with van der Waals surface area (Å²) in [6.07, 6.45) is 2.32. The summed E-state index contributed by atoms with van der Waals surface area (Å²) in [7, 11) is 1.45. The Labute approximate surface area is 201 Å². The van der Waals surface area contributed by atoms with Crippen LogP contribution in [0.1, 0.15) is 24.8 Å². The van der Waals surface area contributed by atoms with E-state index < -0.39 is 0 Å².